The Morgan fingerprint density at radius 2 is 0.869 bits per heavy atom. The third kappa shape index (κ3) is 13.8. The first-order valence-electron chi connectivity index (χ1n) is 24.6. The first-order valence-corrected chi connectivity index (χ1v) is 24.6. The van der Waals surface area contributed by atoms with Crippen LogP contribution < -0.4 is 11.4 Å². The van der Waals surface area contributed by atoms with Crippen molar-refractivity contribution in [1.29, 1.82) is 0 Å². The number of carbonyl (C=O) groups is 4. The van der Waals surface area contributed by atoms with Crippen LogP contribution in [0.4, 0.5) is 5.82 Å². The molecule has 350 valence electrons. The second-order valence-corrected chi connectivity index (χ2v) is 17.8. The number of Topliss-reactive ketones (excluding diaryl/α,β-unsaturated/α-hetero) is 4. The largest absolute Gasteiger partial charge is 0.393 e. The first-order chi connectivity index (χ1) is 29.4. The van der Waals surface area contributed by atoms with Crippen molar-refractivity contribution in [2.24, 2.45) is 0 Å². The zero-order valence-corrected chi connectivity index (χ0v) is 38.8. The van der Waals surface area contributed by atoms with E-state index in [1.165, 1.54) is 6.07 Å². The van der Waals surface area contributed by atoms with Crippen molar-refractivity contribution in [3.05, 3.63) is 22.7 Å². The summed E-state index contributed by atoms with van der Waals surface area (Å²) in [4.78, 5) is 77.9. The molecule has 0 unspecified atom stereocenters. The van der Waals surface area contributed by atoms with E-state index in [1.54, 1.807) is 0 Å². The maximum Gasteiger partial charge on any atom is 0.352 e. The lowest BCUT2D eigenvalue weighted by Gasteiger charge is -2.45. The van der Waals surface area contributed by atoms with E-state index in [2.05, 4.69) is 32.7 Å². The SMILES string of the molecule is CCCCCCCCCC(=O)[C@@]1(O)[C@@](O)(C(=O)CCCCCCCCC)[C@](CO)(C(=O)CCCCCCCCC)O[C@@]1(C(=O)CCCCCCCCC)n1ccc(N)nc1=O. The second kappa shape index (κ2) is 28.8. The maximum atomic E-state index is 15.2. The summed E-state index contributed by atoms with van der Waals surface area (Å²) in [6, 6.07) is 1.19. The summed E-state index contributed by atoms with van der Waals surface area (Å²) in [6.45, 7) is 7.15. The normalized spacial score (nSPS) is 22.5. The molecule has 1 aliphatic rings. The number of hydrogen-bond donors (Lipinski definition) is 4. The number of ether oxygens (including phenoxy) is 1. The summed E-state index contributed by atoms with van der Waals surface area (Å²) < 4.78 is 7.17. The smallest absolute Gasteiger partial charge is 0.352 e. The molecule has 0 aromatic carbocycles. The Morgan fingerprint density at radius 3 is 1.23 bits per heavy atom. The van der Waals surface area contributed by atoms with E-state index in [4.69, 9.17) is 10.5 Å². The number of nitrogen functional groups attached to an aromatic ring is 1. The van der Waals surface area contributed by atoms with Crippen LogP contribution in [0.2, 0.25) is 0 Å². The van der Waals surface area contributed by atoms with Crippen molar-refractivity contribution in [3.8, 4) is 0 Å². The molecule has 5 N–H and O–H groups in total. The van der Waals surface area contributed by atoms with E-state index in [0.717, 1.165) is 135 Å². The van der Waals surface area contributed by atoms with Crippen LogP contribution in [-0.2, 0) is 29.6 Å². The third-order valence-corrected chi connectivity index (χ3v) is 13.0. The first kappa shape index (κ1) is 54.3. The van der Waals surface area contributed by atoms with Gasteiger partial charge in [-0.05, 0) is 31.7 Å². The highest BCUT2D eigenvalue weighted by Crippen LogP contribution is 2.58. The van der Waals surface area contributed by atoms with E-state index in [0.29, 0.717) is 36.7 Å². The van der Waals surface area contributed by atoms with Gasteiger partial charge in [0.25, 0.3) is 0 Å². The highest BCUT2D eigenvalue weighted by Gasteiger charge is 2.88. The number of anilines is 1. The molecule has 1 saturated heterocycles. The van der Waals surface area contributed by atoms with Crippen LogP contribution in [0.25, 0.3) is 0 Å². The number of aliphatic hydroxyl groups excluding tert-OH is 1. The fraction of sp³-hybridized carbons (Fsp3) is 0.837. The molecule has 61 heavy (non-hydrogen) atoms. The topological polar surface area (TPSA) is 199 Å². The summed E-state index contributed by atoms with van der Waals surface area (Å²) in [5.41, 5.74) is -8.37. The molecule has 2 heterocycles. The predicted octanol–water partition coefficient (Wildman–Crippen LogP) is 9.54. The lowest BCUT2D eigenvalue weighted by atomic mass is 9.61. The zero-order chi connectivity index (χ0) is 45.2. The van der Waals surface area contributed by atoms with Crippen LogP contribution >= 0.6 is 0 Å². The van der Waals surface area contributed by atoms with Gasteiger partial charge < -0.3 is 25.8 Å². The summed E-state index contributed by atoms with van der Waals surface area (Å²) in [7, 11) is 0. The minimum absolute atomic E-state index is 0.222. The maximum absolute atomic E-state index is 15.2. The van der Waals surface area contributed by atoms with Gasteiger partial charge in [-0.1, -0.05) is 182 Å². The van der Waals surface area contributed by atoms with Gasteiger partial charge in [0.05, 0.1) is 6.61 Å². The molecule has 0 saturated carbocycles. The van der Waals surface area contributed by atoms with Gasteiger partial charge in [-0.25, -0.2) is 4.79 Å². The quantitative estimate of drug-likeness (QED) is 0.0462. The molecular formula is C49H85N3O9. The van der Waals surface area contributed by atoms with E-state index >= 15 is 9.59 Å². The van der Waals surface area contributed by atoms with Crippen molar-refractivity contribution < 1.29 is 39.2 Å². The number of rotatable bonds is 38. The molecule has 2 rings (SSSR count). The van der Waals surface area contributed by atoms with Gasteiger partial charge in [-0.2, -0.15) is 4.98 Å². The van der Waals surface area contributed by atoms with E-state index in [9.17, 15) is 29.7 Å². The Labute approximate surface area is 367 Å². The average molecular weight is 860 g/mol. The molecule has 12 heteroatoms. The van der Waals surface area contributed by atoms with Crippen LogP contribution in [0.1, 0.15) is 233 Å². The fourth-order valence-corrected chi connectivity index (χ4v) is 9.22. The Kier molecular flexibility index (Phi) is 25.7. The molecule has 1 fully saturated rings. The standard InChI is InChI=1S/C49H85N3O9/c1-5-9-13-17-21-25-29-33-40(54)46(39-53)47(59,41(55)34-30-26-22-18-14-10-6-2)48(60,42(56)35-31-27-23-19-15-11-7-3)49(61-46,52-38-37-44(50)51-45(52)58)43(57)36-32-28-24-20-16-12-8-4/h37-38,53,59-60H,5-36,39H2,1-4H3,(H2,50,51,58)/t46-,47+,48+,49+/m0/s1. The number of nitrogens with zero attached hydrogens (tertiary/aromatic N) is 2. The zero-order valence-electron chi connectivity index (χ0n) is 38.8. The van der Waals surface area contributed by atoms with Gasteiger partial charge in [-0.3, -0.25) is 23.7 Å². The van der Waals surface area contributed by atoms with Gasteiger partial charge in [-0.15, -0.1) is 0 Å². The summed E-state index contributed by atoms with van der Waals surface area (Å²) in [5, 5.41) is 38.3. The lowest BCUT2D eigenvalue weighted by Crippen LogP contribution is -2.77. The number of unbranched alkanes of at least 4 members (excludes halogenated alkanes) is 24. The molecule has 1 aliphatic heterocycles. The van der Waals surface area contributed by atoms with E-state index < -0.39 is 64.4 Å². The van der Waals surface area contributed by atoms with E-state index in [1.807, 2.05) is 0 Å². The predicted molar refractivity (Wildman–Crippen MR) is 242 cm³/mol. The highest BCUT2D eigenvalue weighted by molar-refractivity contribution is 6.11. The van der Waals surface area contributed by atoms with Gasteiger partial charge in [0.1, 0.15) is 5.82 Å². The number of hydrogen-bond acceptors (Lipinski definition) is 11. The molecule has 12 nitrogen and oxygen atoms in total. The van der Waals surface area contributed by atoms with Gasteiger partial charge in [0.15, 0.2) is 28.7 Å². The van der Waals surface area contributed by atoms with Crippen molar-refractivity contribution >= 4 is 29.0 Å². The summed E-state index contributed by atoms with van der Waals surface area (Å²) in [5.74, 6) is -4.34. The number of aliphatic hydroxyl groups is 3. The molecule has 0 bridgehead atoms. The Bertz CT molecular complexity index is 1520. The lowest BCUT2D eigenvalue weighted by molar-refractivity contribution is -0.214. The Morgan fingerprint density at radius 1 is 0.541 bits per heavy atom. The van der Waals surface area contributed by atoms with Crippen LogP contribution in [0.5, 0.6) is 0 Å². The number of aromatic nitrogens is 2. The van der Waals surface area contributed by atoms with Crippen LogP contribution in [-0.4, -0.2) is 71.4 Å². The van der Waals surface area contributed by atoms with Gasteiger partial charge >= 0.3 is 5.69 Å². The minimum atomic E-state index is -3.52. The molecular weight excluding hydrogens is 775 g/mol. The number of ketones is 4. The van der Waals surface area contributed by atoms with Crippen molar-refractivity contribution in [1.82, 2.24) is 9.55 Å². The van der Waals surface area contributed by atoms with E-state index in [-0.39, 0.29) is 44.3 Å². The van der Waals surface area contributed by atoms with Gasteiger partial charge in [0.2, 0.25) is 16.9 Å². The fourth-order valence-electron chi connectivity index (χ4n) is 9.22. The molecule has 4 atom stereocenters. The van der Waals surface area contributed by atoms with Crippen molar-refractivity contribution in [2.45, 2.75) is 256 Å². The molecule has 0 radical (unpaired) electrons. The molecule has 1 aromatic rings. The monoisotopic (exact) mass is 860 g/mol. The second-order valence-electron chi connectivity index (χ2n) is 17.8. The summed E-state index contributed by atoms with van der Waals surface area (Å²) in [6.07, 6.45) is 22.9. The van der Waals surface area contributed by atoms with Crippen molar-refractivity contribution in [2.75, 3.05) is 12.3 Å². The number of carbonyl (C=O) groups excluding carboxylic acids is 4. The Hall–Kier alpha value is -2.80. The van der Waals surface area contributed by atoms with Crippen LogP contribution in [0.3, 0.4) is 0 Å². The third-order valence-electron chi connectivity index (χ3n) is 13.0. The summed E-state index contributed by atoms with van der Waals surface area (Å²) >= 11 is 0. The minimum Gasteiger partial charge on any atom is -0.393 e. The van der Waals surface area contributed by atoms with Crippen LogP contribution in [0.15, 0.2) is 17.1 Å². The van der Waals surface area contributed by atoms with Crippen LogP contribution in [0, 0.1) is 0 Å². The Balaban J connectivity index is 2.84. The van der Waals surface area contributed by atoms with Crippen molar-refractivity contribution in [3.63, 3.8) is 0 Å². The molecule has 1 aromatic heterocycles. The molecule has 0 amide bonds. The molecule has 0 spiro atoms. The molecule has 0 aliphatic carbocycles. The highest BCUT2D eigenvalue weighted by atomic mass is 16.6. The van der Waals surface area contributed by atoms with Gasteiger partial charge in [0, 0.05) is 31.9 Å². The number of nitrogens with two attached hydrogens (primary N) is 1. The average Bonchev–Trinajstić information content (AvgIpc) is 3.44.